The fraction of sp³-hybridized carbons (Fsp3) is 0.167. The quantitative estimate of drug-likeness (QED) is 0.785. The van der Waals surface area contributed by atoms with Crippen molar-refractivity contribution >= 4 is 10.8 Å². The van der Waals surface area contributed by atoms with Crippen molar-refractivity contribution in [1.82, 2.24) is 0 Å². The summed E-state index contributed by atoms with van der Waals surface area (Å²) in [5.74, 6) is 0.991. The number of fused-ring (bicyclic) bond motifs is 1. The van der Waals surface area contributed by atoms with Crippen molar-refractivity contribution in [2.75, 3.05) is 7.11 Å². The highest BCUT2D eigenvalue weighted by Crippen LogP contribution is 2.32. The van der Waals surface area contributed by atoms with Gasteiger partial charge in [0.25, 0.3) is 0 Å². The minimum Gasteiger partial charge on any atom is -0.507 e. The van der Waals surface area contributed by atoms with Gasteiger partial charge in [-0.3, -0.25) is 0 Å². The molecule has 2 rings (SSSR count). The molecule has 0 saturated carbocycles. The van der Waals surface area contributed by atoms with Gasteiger partial charge in [-0.2, -0.15) is 0 Å². The Labute approximate surface area is 88.1 Å². The largest absolute Gasteiger partial charge is 0.507 e. The van der Waals surface area contributed by atoms with E-state index >= 15 is 0 Å². The molecule has 0 radical (unpaired) electrons. The summed E-state index contributed by atoms with van der Waals surface area (Å²) in [6.07, 6.45) is 0. The molecular weight excluding hydrogens is 190 g/mol. The van der Waals surface area contributed by atoms with Gasteiger partial charge in [0.05, 0.1) is 7.11 Å². The summed E-state index contributed by atoms with van der Waals surface area (Å²) in [6, 6.07) is 9.19. The Kier molecular flexibility index (Phi) is 2.47. The summed E-state index contributed by atoms with van der Waals surface area (Å²) in [7, 11) is 1.61. The average molecular weight is 203 g/mol. The number of phenols is 1. The molecule has 0 fully saturated rings. The molecule has 3 nitrogen and oxygen atoms in total. The number of ether oxygens (including phenoxy) is 1. The number of hydrogen-bond acceptors (Lipinski definition) is 3. The minimum atomic E-state index is 0.242. The molecule has 0 aliphatic heterocycles. The van der Waals surface area contributed by atoms with Crippen LogP contribution in [0.15, 0.2) is 30.3 Å². The van der Waals surface area contributed by atoms with Crippen LogP contribution in [0.2, 0.25) is 0 Å². The second-order valence-electron chi connectivity index (χ2n) is 3.37. The zero-order valence-electron chi connectivity index (χ0n) is 8.53. The fourth-order valence-corrected chi connectivity index (χ4v) is 1.69. The van der Waals surface area contributed by atoms with Crippen molar-refractivity contribution in [3.05, 3.63) is 35.9 Å². The van der Waals surface area contributed by atoms with E-state index in [1.165, 1.54) is 0 Å². The van der Waals surface area contributed by atoms with Crippen molar-refractivity contribution in [2.24, 2.45) is 5.73 Å². The Balaban J connectivity index is 2.79. The lowest BCUT2D eigenvalue weighted by Crippen LogP contribution is -1.96. The monoisotopic (exact) mass is 203 g/mol. The number of benzene rings is 2. The van der Waals surface area contributed by atoms with Crippen LogP contribution in [0.25, 0.3) is 10.8 Å². The second kappa shape index (κ2) is 3.79. The van der Waals surface area contributed by atoms with E-state index in [-0.39, 0.29) is 5.75 Å². The number of nitrogens with two attached hydrogens (primary N) is 1. The molecule has 78 valence electrons. The van der Waals surface area contributed by atoms with Crippen LogP contribution in [-0.2, 0) is 6.54 Å². The molecule has 0 amide bonds. The molecule has 2 aromatic rings. The molecular formula is C12H13NO2. The standard InChI is InChI=1S/C12H13NO2/c1-15-12-4-2-3-9-10(12)5-8(7-13)6-11(9)14/h2-6,14H,7,13H2,1H3. The summed E-state index contributed by atoms with van der Waals surface area (Å²) in [5.41, 5.74) is 6.44. The van der Waals surface area contributed by atoms with Crippen LogP contribution in [0.3, 0.4) is 0 Å². The van der Waals surface area contributed by atoms with Crippen molar-refractivity contribution in [2.45, 2.75) is 6.54 Å². The Morgan fingerprint density at radius 1 is 1.27 bits per heavy atom. The first-order valence-corrected chi connectivity index (χ1v) is 4.75. The summed E-state index contributed by atoms with van der Waals surface area (Å²) in [5, 5.41) is 11.5. The summed E-state index contributed by atoms with van der Waals surface area (Å²) in [4.78, 5) is 0. The van der Waals surface area contributed by atoms with E-state index in [2.05, 4.69) is 0 Å². The Morgan fingerprint density at radius 3 is 2.73 bits per heavy atom. The zero-order chi connectivity index (χ0) is 10.8. The highest BCUT2D eigenvalue weighted by Gasteiger charge is 2.06. The van der Waals surface area contributed by atoms with E-state index in [9.17, 15) is 5.11 Å². The van der Waals surface area contributed by atoms with Gasteiger partial charge in [0.2, 0.25) is 0 Å². The molecule has 0 spiro atoms. The molecule has 0 saturated heterocycles. The first-order valence-electron chi connectivity index (χ1n) is 4.75. The maximum Gasteiger partial charge on any atom is 0.126 e. The van der Waals surface area contributed by atoms with Gasteiger partial charge in [-0.15, -0.1) is 0 Å². The molecule has 15 heavy (non-hydrogen) atoms. The maximum atomic E-state index is 9.79. The van der Waals surface area contributed by atoms with E-state index in [4.69, 9.17) is 10.5 Å². The molecule has 0 heterocycles. The van der Waals surface area contributed by atoms with Crippen LogP contribution in [0.4, 0.5) is 0 Å². The maximum absolute atomic E-state index is 9.79. The molecule has 0 aliphatic rings. The summed E-state index contributed by atoms with van der Waals surface area (Å²) >= 11 is 0. The number of hydrogen-bond donors (Lipinski definition) is 2. The molecule has 0 bridgehead atoms. The zero-order valence-corrected chi connectivity index (χ0v) is 8.53. The van der Waals surface area contributed by atoms with E-state index < -0.39 is 0 Å². The summed E-state index contributed by atoms with van der Waals surface area (Å²) in [6.45, 7) is 0.404. The van der Waals surface area contributed by atoms with E-state index in [0.29, 0.717) is 6.54 Å². The average Bonchev–Trinajstić information content (AvgIpc) is 2.28. The first kappa shape index (κ1) is 9.80. The van der Waals surface area contributed by atoms with Crippen molar-refractivity contribution in [1.29, 1.82) is 0 Å². The van der Waals surface area contributed by atoms with Gasteiger partial charge in [0.1, 0.15) is 11.5 Å². The topological polar surface area (TPSA) is 55.5 Å². The van der Waals surface area contributed by atoms with Gasteiger partial charge in [-0.25, -0.2) is 0 Å². The highest BCUT2D eigenvalue weighted by atomic mass is 16.5. The van der Waals surface area contributed by atoms with E-state index in [0.717, 1.165) is 22.1 Å². The number of methoxy groups -OCH3 is 1. The van der Waals surface area contributed by atoms with Crippen LogP contribution >= 0.6 is 0 Å². The number of aromatic hydroxyl groups is 1. The third kappa shape index (κ3) is 1.62. The Hall–Kier alpha value is -1.74. The molecule has 3 N–H and O–H groups in total. The molecule has 0 atom stereocenters. The Bertz CT molecular complexity index is 494. The smallest absolute Gasteiger partial charge is 0.126 e. The fourth-order valence-electron chi connectivity index (χ4n) is 1.69. The normalized spacial score (nSPS) is 10.5. The van der Waals surface area contributed by atoms with E-state index in [1.54, 1.807) is 13.2 Å². The van der Waals surface area contributed by atoms with Crippen LogP contribution < -0.4 is 10.5 Å². The van der Waals surface area contributed by atoms with Crippen LogP contribution in [0.1, 0.15) is 5.56 Å². The van der Waals surface area contributed by atoms with Gasteiger partial charge in [-0.1, -0.05) is 12.1 Å². The van der Waals surface area contributed by atoms with E-state index in [1.807, 2.05) is 24.3 Å². The molecule has 0 unspecified atom stereocenters. The highest BCUT2D eigenvalue weighted by molar-refractivity contribution is 5.93. The van der Waals surface area contributed by atoms with Gasteiger partial charge in [0, 0.05) is 17.3 Å². The Morgan fingerprint density at radius 2 is 2.07 bits per heavy atom. The summed E-state index contributed by atoms with van der Waals surface area (Å²) < 4.78 is 5.23. The lowest BCUT2D eigenvalue weighted by Gasteiger charge is -2.08. The van der Waals surface area contributed by atoms with Crippen molar-refractivity contribution < 1.29 is 9.84 Å². The van der Waals surface area contributed by atoms with Gasteiger partial charge < -0.3 is 15.6 Å². The molecule has 2 aromatic carbocycles. The third-order valence-corrected chi connectivity index (χ3v) is 2.45. The number of phenolic OH excluding ortho intramolecular Hbond substituents is 1. The second-order valence-corrected chi connectivity index (χ2v) is 3.37. The lowest BCUT2D eigenvalue weighted by molar-refractivity contribution is 0.419. The van der Waals surface area contributed by atoms with Gasteiger partial charge >= 0.3 is 0 Å². The SMILES string of the molecule is COc1cccc2c(O)cc(CN)cc12. The molecule has 3 heteroatoms. The molecule has 0 aromatic heterocycles. The van der Waals surface area contributed by atoms with Gasteiger partial charge in [-0.05, 0) is 23.8 Å². The molecule has 0 aliphatic carbocycles. The predicted octanol–water partition coefficient (Wildman–Crippen LogP) is 2.01. The van der Waals surface area contributed by atoms with Crippen molar-refractivity contribution in [3.63, 3.8) is 0 Å². The van der Waals surface area contributed by atoms with Gasteiger partial charge in [0.15, 0.2) is 0 Å². The van der Waals surface area contributed by atoms with Crippen LogP contribution in [0.5, 0.6) is 11.5 Å². The predicted molar refractivity (Wildman–Crippen MR) is 60.1 cm³/mol. The van der Waals surface area contributed by atoms with Crippen LogP contribution in [0, 0.1) is 0 Å². The minimum absolute atomic E-state index is 0.242. The lowest BCUT2D eigenvalue weighted by atomic mass is 10.0. The third-order valence-electron chi connectivity index (χ3n) is 2.45. The van der Waals surface area contributed by atoms with Crippen LogP contribution in [-0.4, -0.2) is 12.2 Å². The van der Waals surface area contributed by atoms with Crippen molar-refractivity contribution in [3.8, 4) is 11.5 Å². The number of rotatable bonds is 2. The first-order chi connectivity index (χ1) is 7.26.